The summed E-state index contributed by atoms with van der Waals surface area (Å²) < 4.78 is 0. The smallest absolute Gasteiger partial charge is 0.256 e. The zero-order valence-electron chi connectivity index (χ0n) is 10.7. The van der Waals surface area contributed by atoms with Crippen molar-refractivity contribution in [1.82, 2.24) is 10.2 Å². The van der Waals surface area contributed by atoms with Gasteiger partial charge in [0.15, 0.2) is 5.78 Å². The Morgan fingerprint density at radius 2 is 1.72 bits per heavy atom. The lowest BCUT2D eigenvalue weighted by Crippen LogP contribution is -2.31. The predicted molar refractivity (Wildman–Crippen MR) is 70.0 cm³/mol. The van der Waals surface area contributed by atoms with Crippen molar-refractivity contribution in [2.75, 3.05) is 14.1 Å². The number of hydrogen-bond donors (Lipinski definition) is 1. The summed E-state index contributed by atoms with van der Waals surface area (Å²) in [5, 5.41) is 2.69. The number of ketones is 1. The highest BCUT2D eigenvalue weighted by Crippen LogP contribution is 2.01. The lowest BCUT2D eigenvalue weighted by atomic mass is 10.2. The van der Waals surface area contributed by atoms with Gasteiger partial charge < -0.3 is 15.7 Å². The second-order valence-electron chi connectivity index (χ2n) is 3.85. The van der Waals surface area contributed by atoms with Crippen molar-refractivity contribution < 1.29 is 15.1 Å². The Morgan fingerprint density at radius 1 is 1.17 bits per heavy atom. The molecule has 0 bridgehead atoms. The Labute approximate surface area is 106 Å². The Bertz CT molecular complexity index is 439. The van der Waals surface area contributed by atoms with Gasteiger partial charge in [-0.05, 0) is 19.1 Å². The molecule has 1 amide bonds. The Morgan fingerprint density at radius 3 is 2.17 bits per heavy atom. The second-order valence-corrected chi connectivity index (χ2v) is 3.85. The van der Waals surface area contributed by atoms with Crippen LogP contribution in [-0.2, 0) is 4.79 Å². The minimum absolute atomic E-state index is 0. The average Bonchev–Trinajstić information content (AvgIpc) is 2.28. The summed E-state index contributed by atoms with van der Waals surface area (Å²) in [6, 6.07) is 8.86. The van der Waals surface area contributed by atoms with Gasteiger partial charge in [0.05, 0.1) is 0 Å². The molecule has 3 N–H and O–H groups in total. The van der Waals surface area contributed by atoms with Gasteiger partial charge >= 0.3 is 0 Å². The summed E-state index contributed by atoms with van der Waals surface area (Å²) >= 11 is 0. The SMILES string of the molecule is CC(=O)/C=C(\NC(=O)c1ccccc1)N(C)C.O. The predicted octanol–water partition coefficient (Wildman–Crippen LogP) is 0.584. The van der Waals surface area contributed by atoms with E-state index in [1.807, 2.05) is 6.07 Å². The van der Waals surface area contributed by atoms with Crippen LogP contribution in [0.1, 0.15) is 17.3 Å². The molecule has 0 aliphatic heterocycles. The Balaban J connectivity index is 0.00000289. The molecule has 0 fully saturated rings. The number of nitrogens with one attached hydrogen (secondary N) is 1. The lowest BCUT2D eigenvalue weighted by molar-refractivity contribution is -0.112. The lowest BCUT2D eigenvalue weighted by Gasteiger charge is -2.17. The average molecular weight is 250 g/mol. The monoisotopic (exact) mass is 250 g/mol. The molecule has 18 heavy (non-hydrogen) atoms. The first kappa shape index (κ1) is 15.9. The molecular weight excluding hydrogens is 232 g/mol. The van der Waals surface area contributed by atoms with Gasteiger partial charge in [-0.3, -0.25) is 9.59 Å². The van der Waals surface area contributed by atoms with Gasteiger partial charge in [0.25, 0.3) is 5.91 Å². The molecule has 0 saturated heterocycles. The number of benzene rings is 1. The maximum absolute atomic E-state index is 11.9. The highest BCUT2D eigenvalue weighted by atomic mass is 16.2. The number of amides is 1. The van der Waals surface area contributed by atoms with Crippen molar-refractivity contribution in [2.24, 2.45) is 0 Å². The van der Waals surface area contributed by atoms with E-state index in [2.05, 4.69) is 5.32 Å². The second kappa shape index (κ2) is 7.24. The van der Waals surface area contributed by atoms with Crippen LogP contribution in [0.2, 0.25) is 0 Å². The van der Waals surface area contributed by atoms with Crippen LogP contribution in [0.25, 0.3) is 0 Å². The summed E-state index contributed by atoms with van der Waals surface area (Å²) in [5.74, 6) is 0.139. The molecule has 0 radical (unpaired) electrons. The summed E-state index contributed by atoms with van der Waals surface area (Å²) in [6.45, 7) is 1.44. The molecule has 0 heterocycles. The highest BCUT2D eigenvalue weighted by Gasteiger charge is 2.08. The number of allylic oxidation sites excluding steroid dienone is 1. The fraction of sp³-hybridized carbons (Fsp3) is 0.231. The van der Waals surface area contributed by atoms with E-state index in [1.165, 1.54) is 13.0 Å². The standard InChI is InChI=1S/C13H16N2O2.H2O/c1-10(16)9-12(15(2)3)14-13(17)11-7-5-4-6-8-11;/h4-9H,1-3H3,(H,14,17);1H2/b12-9+;. The first-order chi connectivity index (χ1) is 8.00. The number of carbonyl (C=O) groups is 2. The number of rotatable bonds is 4. The molecule has 0 aromatic heterocycles. The molecular formula is C13H18N2O3. The fourth-order valence-corrected chi connectivity index (χ4v) is 1.25. The van der Waals surface area contributed by atoms with Crippen LogP contribution in [0.4, 0.5) is 0 Å². The van der Waals surface area contributed by atoms with E-state index in [-0.39, 0.29) is 17.2 Å². The molecule has 5 heteroatoms. The van der Waals surface area contributed by atoms with Gasteiger partial charge in [-0.25, -0.2) is 0 Å². The van der Waals surface area contributed by atoms with Crippen LogP contribution in [0.15, 0.2) is 42.2 Å². The van der Waals surface area contributed by atoms with Gasteiger partial charge in [-0.15, -0.1) is 0 Å². The van der Waals surface area contributed by atoms with E-state index < -0.39 is 0 Å². The van der Waals surface area contributed by atoms with E-state index in [0.29, 0.717) is 11.4 Å². The van der Waals surface area contributed by atoms with Crippen molar-refractivity contribution in [3.05, 3.63) is 47.8 Å². The molecule has 0 aliphatic rings. The van der Waals surface area contributed by atoms with Crippen LogP contribution in [0.3, 0.4) is 0 Å². The molecule has 1 aromatic carbocycles. The topological polar surface area (TPSA) is 80.9 Å². The van der Waals surface area contributed by atoms with Crippen LogP contribution in [0.5, 0.6) is 0 Å². The quantitative estimate of drug-likeness (QED) is 0.794. The molecule has 98 valence electrons. The third kappa shape index (κ3) is 4.80. The van der Waals surface area contributed by atoms with E-state index in [4.69, 9.17) is 0 Å². The van der Waals surface area contributed by atoms with Gasteiger partial charge in [-0.1, -0.05) is 18.2 Å². The summed E-state index contributed by atoms with van der Waals surface area (Å²) in [6.07, 6.45) is 1.39. The van der Waals surface area contributed by atoms with E-state index in [9.17, 15) is 9.59 Å². The van der Waals surface area contributed by atoms with Crippen molar-refractivity contribution in [2.45, 2.75) is 6.92 Å². The van der Waals surface area contributed by atoms with E-state index in [1.54, 1.807) is 43.3 Å². The van der Waals surface area contributed by atoms with Gasteiger partial charge in [0, 0.05) is 25.7 Å². The first-order valence-electron chi connectivity index (χ1n) is 5.26. The normalized spacial score (nSPS) is 10.3. The number of hydrogen-bond acceptors (Lipinski definition) is 3. The molecule has 5 nitrogen and oxygen atoms in total. The van der Waals surface area contributed by atoms with Crippen molar-refractivity contribution in [3.63, 3.8) is 0 Å². The summed E-state index contributed by atoms with van der Waals surface area (Å²) in [7, 11) is 3.53. The number of carbonyl (C=O) groups excluding carboxylic acids is 2. The third-order valence-electron chi connectivity index (χ3n) is 2.10. The molecule has 1 aromatic rings. The van der Waals surface area contributed by atoms with Gasteiger partial charge in [0.1, 0.15) is 5.82 Å². The highest BCUT2D eigenvalue weighted by molar-refractivity contribution is 5.96. The van der Waals surface area contributed by atoms with E-state index >= 15 is 0 Å². The molecule has 0 spiro atoms. The minimum Gasteiger partial charge on any atom is -0.412 e. The zero-order valence-corrected chi connectivity index (χ0v) is 10.7. The maximum atomic E-state index is 11.9. The maximum Gasteiger partial charge on any atom is 0.256 e. The van der Waals surface area contributed by atoms with Crippen molar-refractivity contribution in [3.8, 4) is 0 Å². The van der Waals surface area contributed by atoms with Crippen molar-refractivity contribution in [1.29, 1.82) is 0 Å². The molecule has 0 aliphatic carbocycles. The molecule has 0 unspecified atom stereocenters. The van der Waals surface area contributed by atoms with Crippen LogP contribution in [-0.4, -0.2) is 36.2 Å². The van der Waals surface area contributed by atoms with Crippen LogP contribution >= 0.6 is 0 Å². The number of nitrogens with zero attached hydrogens (tertiary/aromatic N) is 1. The molecule has 0 saturated carbocycles. The zero-order chi connectivity index (χ0) is 12.8. The third-order valence-corrected chi connectivity index (χ3v) is 2.10. The van der Waals surface area contributed by atoms with Crippen LogP contribution < -0.4 is 5.32 Å². The van der Waals surface area contributed by atoms with Gasteiger partial charge in [-0.2, -0.15) is 0 Å². The van der Waals surface area contributed by atoms with Crippen molar-refractivity contribution >= 4 is 11.7 Å². The molecule has 1 rings (SSSR count). The van der Waals surface area contributed by atoms with Gasteiger partial charge in [0.2, 0.25) is 0 Å². The Hall–Kier alpha value is -2.14. The van der Waals surface area contributed by atoms with Crippen LogP contribution in [0, 0.1) is 0 Å². The van der Waals surface area contributed by atoms with E-state index in [0.717, 1.165) is 0 Å². The molecule has 0 atom stereocenters. The first-order valence-corrected chi connectivity index (χ1v) is 5.26. The summed E-state index contributed by atoms with van der Waals surface area (Å²) in [5.41, 5.74) is 0.559. The largest absolute Gasteiger partial charge is 0.412 e. The summed E-state index contributed by atoms with van der Waals surface area (Å²) in [4.78, 5) is 24.6. The minimum atomic E-state index is -0.230. The fourth-order valence-electron chi connectivity index (χ4n) is 1.25. The Kier molecular flexibility index (Phi) is 6.38.